The third kappa shape index (κ3) is 2.75. The van der Waals surface area contributed by atoms with Crippen LogP contribution in [0.1, 0.15) is 39.9 Å². The highest BCUT2D eigenvalue weighted by atomic mass is 16.3. The van der Waals surface area contributed by atoms with Crippen LogP contribution in [0.4, 0.5) is 0 Å². The van der Waals surface area contributed by atoms with Crippen molar-refractivity contribution in [2.24, 2.45) is 0 Å². The lowest BCUT2D eigenvalue weighted by molar-refractivity contribution is 0.186. The first kappa shape index (κ1) is 16.3. The molecule has 1 atom stereocenters. The number of nitrogens with zero attached hydrogens (tertiary/aromatic N) is 3. The number of aryl methyl sites for hydroxylation is 2. The van der Waals surface area contributed by atoms with Crippen molar-refractivity contribution in [2.75, 3.05) is 6.54 Å². The molecule has 136 valence electrons. The zero-order valence-electron chi connectivity index (χ0n) is 15.6. The fourth-order valence-electron chi connectivity index (χ4n) is 4.13. The molecule has 0 bridgehead atoms. The van der Waals surface area contributed by atoms with Crippen LogP contribution in [-0.4, -0.2) is 26.4 Å². The van der Waals surface area contributed by atoms with Crippen LogP contribution in [-0.2, 0) is 13.0 Å². The molecule has 0 saturated carbocycles. The molecule has 5 nitrogen and oxygen atoms in total. The van der Waals surface area contributed by atoms with Crippen LogP contribution in [0.25, 0.3) is 11.0 Å². The Hall–Kier alpha value is -2.92. The maximum absolute atomic E-state index is 6.23. The minimum atomic E-state index is 0.109. The second kappa shape index (κ2) is 6.35. The number of rotatable bonds is 3. The Morgan fingerprint density at radius 1 is 1.19 bits per heavy atom. The molecule has 0 spiro atoms. The summed E-state index contributed by atoms with van der Waals surface area (Å²) in [6.45, 7) is 6.00. The van der Waals surface area contributed by atoms with Crippen molar-refractivity contribution in [3.8, 4) is 0 Å². The Balaban J connectivity index is 1.55. The Labute approximate surface area is 158 Å². The largest absolute Gasteiger partial charge is 0.459 e. The van der Waals surface area contributed by atoms with Gasteiger partial charge in [0.05, 0.1) is 24.6 Å². The number of fused-ring (bicyclic) bond motifs is 2. The first-order valence-electron chi connectivity index (χ1n) is 9.35. The summed E-state index contributed by atoms with van der Waals surface area (Å²) in [6, 6.07) is 10.7. The van der Waals surface area contributed by atoms with Gasteiger partial charge in [-0.15, -0.1) is 0 Å². The summed E-state index contributed by atoms with van der Waals surface area (Å²) in [4.78, 5) is 14.6. The van der Waals surface area contributed by atoms with E-state index in [1.54, 1.807) is 6.33 Å². The summed E-state index contributed by atoms with van der Waals surface area (Å²) in [6.07, 6.45) is 6.47. The normalized spacial score (nSPS) is 17.3. The van der Waals surface area contributed by atoms with Crippen molar-refractivity contribution in [1.29, 1.82) is 0 Å². The summed E-state index contributed by atoms with van der Waals surface area (Å²) in [5, 5.41) is 1.21. The fraction of sp³-hybridized carbons (Fsp3) is 0.273. The maximum Gasteiger partial charge on any atom is 0.134 e. The fourth-order valence-corrected chi connectivity index (χ4v) is 4.13. The van der Waals surface area contributed by atoms with Crippen LogP contribution in [0.2, 0.25) is 0 Å². The molecule has 1 aliphatic heterocycles. The van der Waals surface area contributed by atoms with Crippen LogP contribution in [0, 0.1) is 13.8 Å². The van der Waals surface area contributed by atoms with E-state index in [-0.39, 0.29) is 6.04 Å². The van der Waals surface area contributed by atoms with Gasteiger partial charge < -0.3 is 9.40 Å². The number of pyridine rings is 1. The number of aromatic nitrogens is 3. The molecule has 1 N–H and O–H groups in total. The maximum atomic E-state index is 6.23. The molecular formula is C22H22N4O. The average Bonchev–Trinajstić information content (AvgIpc) is 3.28. The van der Waals surface area contributed by atoms with E-state index >= 15 is 0 Å². The molecule has 0 aliphatic carbocycles. The molecule has 0 fully saturated rings. The first-order chi connectivity index (χ1) is 13.2. The number of benzene rings is 1. The molecule has 0 amide bonds. The van der Waals surface area contributed by atoms with Crippen molar-refractivity contribution in [1.82, 2.24) is 19.9 Å². The predicted octanol–water partition coefficient (Wildman–Crippen LogP) is 4.32. The molecule has 4 aromatic rings. The zero-order chi connectivity index (χ0) is 18.4. The summed E-state index contributed by atoms with van der Waals surface area (Å²) in [7, 11) is 0. The highest BCUT2D eigenvalue weighted by molar-refractivity contribution is 5.82. The molecule has 5 rings (SSSR count). The van der Waals surface area contributed by atoms with E-state index in [0.717, 1.165) is 36.5 Å². The summed E-state index contributed by atoms with van der Waals surface area (Å²) < 4.78 is 6.23. The molecule has 5 heteroatoms. The predicted molar refractivity (Wildman–Crippen MR) is 104 cm³/mol. The average molecular weight is 358 g/mol. The Bertz CT molecular complexity index is 1100. The van der Waals surface area contributed by atoms with Gasteiger partial charge in [-0.25, -0.2) is 4.98 Å². The molecule has 27 heavy (non-hydrogen) atoms. The molecule has 4 heterocycles. The van der Waals surface area contributed by atoms with E-state index in [0.29, 0.717) is 0 Å². The lowest BCUT2D eigenvalue weighted by Crippen LogP contribution is -2.35. The van der Waals surface area contributed by atoms with Gasteiger partial charge in [0.25, 0.3) is 0 Å². The van der Waals surface area contributed by atoms with Crippen LogP contribution >= 0.6 is 0 Å². The van der Waals surface area contributed by atoms with E-state index in [9.17, 15) is 0 Å². The van der Waals surface area contributed by atoms with E-state index in [1.807, 2.05) is 12.4 Å². The van der Waals surface area contributed by atoms with Gasteiger partial charge in [-0.05, 0) is 49.2 Å². The summed E-state index contributed by atoms with van der Waals surface area (Å²) in [5.41, 5.74) is 7.00. The standard InChI is InChI=1S/C22H22N4O/c1-14-3-4-19-17(11-14)15(2)20(27-19)12-26-10-7-18-21(25-13-24-18)22(26)16-5-8-23-9-6-16/h3-6,8-9,11,13,22H,7,10,12H2,1-2H3,(H,24,25)/t22-/m0/s1. The second-order valence-electron chi connectivity index (χ2n) is 7.32. The van der Waals surface area contributed by atoms with Gasteiger partial charge in [-0.3, -0.25) is 9.88 Å². The minimum absolute atomic E-state index is 0.109. The quantitative estimate of drug-likeness (QED) is 0.593. The van der Waals surface area contributed by atoms with Gasteiger partial charge in [0.2, 0.25) is 0 Å². The van der Waals surface area contributed by atoms with E-state index in [4.69, 9.17) is 4.42 Å². The lowest BCUT2D eigenvalue weighted by Gasteiger charge is -2.34. The molecule has 1 aliphatic rings. The number of furan rings is 1. The number of nitrogens with one attached hydrogen (secondary N) is 1. The highest BCUT2D eigenvalue weighted by Gasteiger charge is 2.32. The number of H-pyrrole nitrogens is 1. The van der Waals surface area contributed by atoms with Crippen molar-refractivity contribution in [3.05, 3.63) is 82.9 Å². The summed E-state index contributed by atoms with van der Waals surface area (Å²) in [5.74, 6) is 1.04. The van der Waals surface area contributed by atoms with Gasteiger partial charge in [0.1, 0.15) is 11.3 Å². The topological polar surface area (TPSA) is 58.0 Å². The molecule has 0 unspecified atom stereocenters. The second-order valence-corrected chi connectivity index (χ2v) is 7.32. The van der Waals surface area contributed by atoms with Gasteiger partial charge in [0, 0.05) is 36.4 Å². The molecule has 3 aromatic heterocycles. The first-order valence-corrected chi connectivity index (χ1v) is 9.35. The van der Waals surface area contributed by atoms with E-state index in [2.05, 4.69) is 64.0 Å². The summed E-state index contributed by atoms with van der Waals surface area (Å²) >= 11 is 0. The Morgan fingerprint density at radius 2 is 2.04 bits per heavy atom. The SMILES string of the molecule is Cc1ccc2oc(CN3CCc4[nH]cnc4[C@@H]3c3ccncc3)c(C)c2c1. The number of aromatic amines is 1. The van der Waals surface area contributed by atoms with Crippen molar-refractivity contribution in [2.45, 2.75) is 32.9 Å². The van der Waals surface area contributed by atoms with Gasteiger partial charge >= 0.3 is 0 Å². The van der Waals surface area contributed by atoms with E-state index < -0.39 is 0 Å². The number of imidazole rings is 1. The molecule has 1 aromatic carbocycles. The third-order valence-electron chi connectivity index (χ3n) is 5.58. The van der Waals surface area contributed by atoms with Crippen LogP contribution in [0.3, 0.4) is 0 Å². The van der Waals surface area contributed by atoms with Gasteiger partial charge in [0.15, 0.2) is 0 Å². The molecule has 0 radical (unpaired) electrons. The van der Waals surface area contributed by atoms with Crippen molar-refractivity contribution < 1.29 is 4.42 Å². The van der Waals surface area contributed by atoms with Crippen LogP contribution in [0.5, 0.6) is 0 Å². The van der Waals surface area contributed by atoms with E-state index in [1.165, 1.54) is 27.8 Å². The monoisotopic (exact) mass is 358 g/mol. The molecular weight excluding hydrogens is 336 g/mol. The number of hydrogen-bond donors (Lipinski definition) is 1. The third-order valence-corrected chi connectivity index (χ3v) is 5.58. The Kier molecular flexibility index (Phi) is 3.83. The van der Waals surface area contributed by atoms with Crippen LogP contribution in [0.15, 0.2) is 53.5 Å². The highest BCUT2D eigenvalue weighted by Crippen LogP contribution is 2.36. The van der Waals surface area contributed by atoms with Crippen molar-refractivity contribution >= 4 is 11.0 Å². The zero-order valence-corrected chi connectivity index (χ0v) is 15.6. The molecule has 0 saturated heterocycles. The number of hydrogen-bond acceptors (Lipinski definition) is 4. The smallest absolute Gasteiger partial charge is 0.134 e. The lowest BCUT2D eigenvalue weighted by atomic mass is 9.96. The van der Waals surface area contributed by atoms with Gasteiger partial charge in [-0.1, -0.05) is 11.6 Å². The van der Waals surface area contributed by atoms with Gasteiger partial charge in [-0.2, -0.15) is 0 Å². The Morgan fingerprint density at radius 3 is 2.89 bits per heavy atom. The van der Waals surface area contributed by atoms with Crippen molar-refractivity contribution in [3.63, 3.8) is 0 Å². The van der Waals surface area contributed by atoms with Crippen LogP contribution < -0.4 is 0 Å². The minimum Gasteiger partial charge on any atom is -0.459 e.